The Morgan fingerprint density at radius 1 is 1.17 bits per heavy atom. The fourth-order valence-corrected chi connectivity index (χ4v) is 4.13. The number of carbonyl (C=O) groups excluding carboxylic acids is 1. The van der Waals surface area contributed by atoms with Crippen LogP contribution in [0.4, 0.5) is 10.1 Å². The molecular weight excluding hydrogens is 329 g/mol. The van der Waals surface area contributed by atoms with Gasteiger partial charge in [0, 0.05) is 33.7 Å². The third kappa shape index (κ3) is 1.63. The van der Waals surface area contributed by atoms with Gasteiger partial charge in [0.25, 0.3) is 5.91 Å². The molecule has 0 unspecified atom stereocenters. The predicted molar refractivity (Wildman–Crippen MR) is 90.8 cm³/mol. The standard InChI is InChI=1S/C18H13ClFN3O/c19-9-1-3-15-13(7-9)18(17(24)23-15)16-11(5-6-21-18)12-8-10(20)2-4-14(12)22-16/h1-4,7-8,21-22H,5-6H2,(H,23,24)/t18-/m1/s1. The third-order valence-electron chi connectivity index (χ3n) is 4.98. The van der Waals surface area contributed by atoms with E-state index in [4.69, 9.17) is 11.6 Å². The van der Waals surface area contributed by atoms with E-state index in [1.807, 2.05) is 12.1 Å². The molecule has 2 aliphatic heterocycles. The van der Waals surface area contributed by atoms with E-state index in [9.17, 15) is 9.18 Å². The van der Waals surface area contributed by atoms with Crippen molar-refractivity contribution in [3.05, 3.63) is 64.1 Å². The third-order valence-corrected chi connectivity index (χ3v) is 5.22. The Kier molecular flexibility index (Phi) is 2.68. The summed E-state index contributed by atoms with van der Waals surface area (Å²) in [5.41, 5.74) is 3.11. The molecular formula is C18H13ClFN3O. The van der Waals surface area contributed by atoms with Gasteiger partial charge in [0.1, 0.15) is 5.82 Å². The molecule has 1 amide bonds. The van der Waals surface area contributed by atoms with E-state index in [-0.39, 0.29) is 11.7 Å². The molecule has 2 aromatic carbocycles. The van der Waals surface area contributed by atoms with E-state index in [0.29, 0.717) is 11.6 Å². The van der Waals surface area contributed by atoms with Gasteiger partial charge in [-0.05, 0) is 48.4 Å². The van der Waals surface area contributed by atoms with Crippen molar-refractivity contribution in [3.63, 3.8) is 0 Å². The molecule has 6 heteroatoms. The van der Waals surface area contributed by atoms with Crippen LogP contribution in [0.15, 0.2) is 36.4 Å². The molecule has 1 spiro atoms. The number of rotatable bonds is 0. The van der Waals surface area contributed by atoms with E-state index >= 15 is 0 Å². The lowest BCUT2D eigenvalue weighted by Crippen LogP contribution is -2.53. The summed E-state index contributed by atoms with van der Waals surface area (Å²) in [5.74, 6) is -0.427. The van der Waals surface area contributed by atoms with Crippen LogP contribution in [0.25, 0.3) is 10.9 Å². The zero-order chi connectivity index (χ0) is 16.5. The van der Waals surface area contributed by atoms with Crippen molar-refractivity contribution in [2.45, 2.75) is 12.0 Å². The highest BCUT2D eigenvalue weighted by molar-refractivity contribution is 6.31. The lowest BCUT2D eigenvalue weighted by molar-refractivity contribution is -0.120. The zero-order valence-corrected chi connectivity index (χ0v) is 13.3. The monoisotopic (exact) mass is 341 g/mol. The number of aromatic nitrogens is 1. The van der Waals surface area contributed by atoms with Crippen LogP contribution in [0, 0.1) is 5.82 Å². The number of benzene rings is 2. The van der Waals surface area contributed by atoms with Crippen LogP contribution in [0.5, 0.6) is 0 Å². The van der Waals surface area contributed by atoms with Gasteiger partial charge in [-0.1, -0.05) is 11.6 Å². The van der Waals surface area contributed by atoms with Crippen molar-refractivity contribution >= 4 is 34.1 Å². The second-order valence-corrected chi connectivity index (χ2v) is 6.68. The van der Waals surface area contributed by atoms with Gasteiger partial charge >= 0.3 is 0 Å². The van der Waals surface area contributed by atoms with Gasteiger partial charge in [0.05, 0.1) is 5.69 Å². The fourth-order valence-electron chi connectivity index (χ4n) is 3.96. The Bertz CT molecular complexity index is 1030. The number of nitrogens with one attached hydrogen (secondary N) is 3. The Hall–Kier alpha value is -2.37. The van der Waals surface area contributed by atoms with Crippen LogP contribution in [0.1, 0.15) is 16.8 Å². The van der Waals surface area contributed by atoms with Crippen LogP contribution in [0.2, 0.25) is 5.02 Å². The molecule has 0 aliphatic carbocycles. The van der Waals surface area contributed by atoms with Crippen LogP contribution >= 0.6 is 11.6 Å². The molecule has 0 radical (unpaired) electrons. The minimum atomic E-state index is -1.01. The van der Waals surface area contributed by atoms with Crippen molar-refractivity contribution in [1.82, 2.24) is 10.3 Å². The van der Waals surface area contributed by atoms with Gasteiger partial charge in [-0.15, -0.1) is 0 Å². The second-order valence-electron chi connectivity index (χ2n) is 6.24. The van der Waals surface area contributed by atoms with Gasteiger partial charge in [-0.2, -0.15) is 0 Å². The average molecular weight is 342 g/mol. The van der Waals surface area contributed by atoms with E-state index in [0.717, 1.165) is 39.8 Å². The maximum absolute atomic E-state index is 13.7. The second kappa shape index (κ2) is 4.59. The molecule has 0 bridgehead atoms. The van der Waals surface area contributed by atoms with Crippen molar-refractivity contribution in [3.8, 4) is 0 Å². The first kappa shape index (κ1) is 14.0. The SMILES string of the molecule is O=C1Nc2ccc(Cl)cc2[C@]12NCCc1c2[nH]c2ccc(F)cc12. The van der Waals surface area contributed by atoms with Crippen LogP contribution in [-0.4, -0.2) is 17.4 Å². The molecule has 3 aromatic rings. The summed E-state index contributed by atoms with van der Waals surface area (Å²) in [5, 5.41) is 7.69. The fraction of sp³-hybridized carbons (Fsp3) is 0.167. The summed E-state index contributed by atoms with van der Waals surface area (Å²) in [7, 11) is 0. The lowest BCUT2D eigenvalue weighted by atomic mass is 9.82. The predicted octanol–water partition coefficient (Wildman–Crippen LogP) is 3.30. The number of fused-ring (bicyclic) bond motifs is 6. The van der Waals surface area contributed by atoms with Crippen LogP contribution < -0.4 is 10.6 Å². The first-order valence-corrected chi connectivity index (χ1v) is 8.14. The lowest BCUT2D eigenvalue weighted by Gasteiger charge is -2.33. The van der Waals surface area contributed by atoms with Crippen molar-refractivity contribution in [1.29, 1.82) is 0 Å². The van der Waals surface area contributed by atoms with Crippen LogP contribution in [0.3, 0.4) is 0 Å². The first-order chi connectivity index (χ1) is 11.6. The van der Waals surface area contributed by atoms with Crippen molar-refractivity contribution in [2.24, 2.45) is 0 Å². The van der Waals surface area contributed by atoms with Gasteiger partial charge < -0.3 is 10.3 Å². The topological polar surface area (TPSA) is 56.9 Å². The molecule has 0 fully saturated rings. The molecule has 0 saturated heterocycles. The molecule has 1 atom stereocenters. The molecule has 120 valence electrons. The molecule has 2 aliphatic rings. The Labute approximate surface area is 142 Å². The van der Waals surface area contributed by atoms with Gasteiger partial charge in [0.2, 0.25) is 0 Å². The van der Waals surface area contributed by atoms with Crippen LogP contribution in [-0.2, 0) is 16.8 Å². The summed E-state index contributed by atoms with van der Waals surface area (Å²) >= 11 is 6.17. The number of hydrogen-bond acceptors (Lipinski definition) is 2. The minimum Gasteiger partial charge on any atom is -0.356 e. The molecule has 24 heavy (non-hydrogen) atoms. The number of amides is 1. The molecule has 3 heterocycles. The van der Waals surface area contributed by atoms with E-state index in [1.165, 1.54) is 12.1 Å². The summed E-state index contributed by atoms with van der Waals surface area (Å²) < 4.78 is 13.7. The quantitative estimate of drug-likeness (QED) is 0.587. The zero-order valence-electron chi connectivity index (χ0n) is 12.5. The summed E-state index contributed by atoms with van der Waals surface area (Å²) in [4.78, 5) is 16.2. The number of carbonyl (C=O) groups is 1. The van der Waals surface area contributed by atoms with Crippen molar-refractivity contribution < 1.29 is 9.18 Å². The highest BCUT2D eigenvalue weighted by atomic mass is 35.5. The summed E-state index contributed by atoms with van der Waals surface area (Å²) in [6.45, 7) is 0.621. The first-order valence-electron chi connectivity index (χ1n) is 7.77. The minimum absolute atomic E-state index is 0.146. The largest absolute Gasteiger partial charge is 0.356 e. The smallest absolute Gasteiger partial charge is 0.255 e. The number of anilines is 1. The summed E-state index contributed by atoms with van der Waals surface area (Å²) in [6, 6.07) is 10.0. The number of hydrogen-bond donors (Lipinski definition) is 3. The molecule has 0 saturated carbocycles. The number of aromatic amines is 1. The Morgan fingerprint density at radius 2 is 2.04 bits per heavy atom. The van der Waals surface area contributed by atoms with Crippen molar-refractivity contribution in [2.75, 3.05) is 11.9 Å². The number of halogens is 2. The Balaban J connectivity index is 1.86. The molecule has 5 rings (SSSR count). The van der Waals surface area contributed by atoms with Gasteiger partial charge in [0.15, 0.2) is 5.54 Å². The average Bonchev–Trinajstić information content (AvgIpc) is 3.06. The molecule has 1 aromatic heterocycles. The number of H-pyrrole nitrogens is 1. The molecule has 3 N–H and O–H groups in total. The van der Waals surface area contributed by atoms with Gasteiger partial charge in [-0.25, -0.2) is 4.39 Å². The Morgan fingerprint density at radius 3 is 2.92 bits per heavy atom. The highest BCUT2D eigenvalue weighted by Gasteiger charge is 2.52. The normalized spacial score (nSPS) is 21.8. The molecule has 4 nitrogen and oxygen atoms in total. The maximum Gasteiger partial charge on any atom is 0.255 e. The maximum atomic E-state index is 13.7. The van der Waals surface area contributed by atoms with E-state index in [1.54, 1.807) is 12.1 Å². The van der Waals surface area contributed by atoms with Gasteiger partial charge in [-0.3, -0.25) is 10.1 Å². The highest BCUT2D eigenvalue weighted by Crippen LogP contribution is 2.45. The van der Waals surface area contributed by atoms with E-state index in [2.05, 4.69) is 15.6 Å². The van der Waals surface area contributed by atoms with E-state index < -0.39 is 5.54 Å². The summed E-state index contributed by atoms with van der Waals surface area (Å²) in [6.07, 6.45) is 0.726.